The third-order valence-electron chi connectivity index (χ3n) is 2.01. The number of alkyl halides is 3. The highest BCUT2D eigenvalue weighted by atomic mass is 35.5. The molecule has 0 atom stereocenters. The lowest BCUT2D eigenvalue weighted by Gasteiger charge is -2.10. The largest absolute Gasteiger partial charge is 0.416 e. The summed E-state index contributed by atoms with van der Waals surface area (Å²) in [5.41, 5.74) is -0.644. The lowest BCUT2D eigenvalue weighted by atomic mass is 10.2. The Labute approximate surface area is 114 Å². The van der Waals surface area contributed by atoms with Crippen LogP contribution in [0.1, 0.15) is 5.56 Å². The second-order valence-corrected chi connectivity index (χ2v) is 4.95. The van der Waals surface area contributed by atoms with Gasteiger partial charge in [-0.05, 0) is 18.2 Å². The standard InChI is InChI=1S/C10H5Cl2F3N2S/c11-6-2-1-5(10(13,14)15)3-7(6)16-9-17-8(12)4-18-9/h1-4H,(H,16,17). The average molecular weight is 313 g/mol. The van der Waals surface area contributed by atoms with E-state index in [-0.39, 0.29) is 15.9 Å². The summed E-state index contributed by atoms with van der Waals surface area (Å²) in [7, 11) is 0. The van der Waals surface area contributed by atoms with Crippen molar-refractivity contribution in [3.63, 3.8) is 0 Å². The molecule has 0 radical (unpaired) electrons. The molecule has 0 aliphatic rings. The predicted molar refractivity (Wildman–Crippen MR) is 66.9 cm³/mol. The van der Waals surface area contributed by atoms with Crippen LogP contribution in [0.2, 0.25) is 10.2 Å². The van der Waals surface area contributed by atoms with E-state index >= 15 is 0 Å². The molecule has 0 saturated carbocycles. The van der Waals surface area contributed by atoms with E-state index in [4.69, 9.17) is 23.2 Å². The van der Waals surface area contributed by atoms with Gasteiger partial charge in [0.15, 0.2) is 5.13 Å². The summed E-state index contributed by atoms with van der Waals surface area (Å²) in [6.07, 6.45) is -4.42. The number of nitrogens with one attached hydrogen (secondary N) is 1. The van der Waals surface area contributed by atoms with Crippen LogP contribution in [-0.2, 0) is 6.18 Å². The van der Waals surface area contributed by atoms with E-state index in [1.807, 2.05) is 0 Å². The topological polar surface area (TPSA) is 24.9 Å². The maximum atomic E-state index is 12.5. The summed E-state index contributed by atoms with van der Waals surface area (Å²) >= 11 is 12.6. The first-order valence-electron chi connectivity index (χ1n) is 4.61. The van der Waals surface area contributed by atoms with Gasteiger partial charge in [-0.25, -0.2) is 4.98 Å². The molecule has 0 fully saturated rings. The van der Waals surface area contributed by atoms with Crippen molar-refractivity contribution in [1.29, 1.82) is 0 Å². The van der Waals surface area contributed by atoms with Crippen LogP contribution in [0.5, 0.6) is 0 Å². The van der Waals surface area contributed by atoms with Crippen LogP contribution in [0, 0.1) is 0 Å². The molecule has 0 amide bonds. The molecule has 0 spiro atoms. The molecule has 0 unspecified atom stereocenters. The number of hydrogen-bond acceptors (Lipinski definition) is 3. The number of thiazole rings is 1. The SMILES string of the molecule is FC(F)(F)c1ccc(Cl)c(Nc2nc(Cl)cs2)c1. The number of rotatable bonds is 2. The summed E-state index contributed by atoms with van der Waals surface area (Å²) in [5.74, 6) is 0. The Morgan fingerprint density at radius 1 is 1.22 bits per heavy atom. The summed E-state index contributed by atoms with van der Waals surface area (Å²) in [5, 5.41) is 5.08. The van der Waals surface area contributed by atoms with Crippen molar-refractivity contribution in [3.05, 3.63) is 39.3 Å². The van der Waals surface area contributed by atoms with E-state index in [0.29, 0.717) is 5.13 Å². The van der Waals surface area contributed by atoms with Crippen molar-refractivity contribution in [2.45, 2.75) is 6.18 Å². The number of benzene rings is 1. The van der Waals surface area contributed by atoms with Gasteiger partial charge in [0.05, 0.1) is 16.3 Å². The summed E-state index contributed by atoms with van der Waals surface area (Å²) in [6, 6.07) is 3.03. The zero-order chi connectivity index (χ0) is 13.3. The molecule has 2 nitrogen and oxygen atoms in total. The Hall–Kier alpha value is -0.980. The number of nitrogens with zero attached hydrogens (tertiary/aromatic N) is 1. The molecule has 8 heteroatoms. The number of aromatic nitrogens is 1. The molecular weight excluding hydrogens is 308 g/mol. The molecule has 18 heavy (non-hydrogen) atoms. The highest BCUT2D eigenvalue weighted by Crippen LogP contribution is 2.35. The Morgan fingerprint density at radius 2 is 1.94 bits per heavy atom. The van der Waals surface area contributed by atoms with Gasteiger partial charge in [0.1, 0.15) is 5.15 Å². The van der Waals surface area contributed by atoms with Crippen molar-refractivity contribution in [3.8, 4) is 0 Å². The number of anilines is 2. The molecule has 1 heterocycles. The van der Waals surface area contributed by atoms with E-state index in [9.17, 15) is 13.2 Å². The second-order valence-electron chi connectivity index (χ2n) is 3.29. The fourth-order valence-electron chi connectivity index (χ4n) is 1.22. The van der Waals surface area contributed by atoms with Gasteiger partial charge in [-0.1, -0.05) is 23.2 Å². The quantitative estimate of drug-likeness (QED) is 0.823. The van der Waals surface area contributed by atoms with Crippen LogP contribution in [0.4, 0.5) is 24.0 Å². The fraction of sp³-hybridized carbons (Fsp3) is 0.100. The smallest absolute Gasteiger partial charge is 0.330 e. The molecule has 1 N–H and O–H groups in total. The maximum Gasteiger partial charge on any atom is 0.416 e. The lowest BCUT2D eigenvalue weighted by molar-refractivity contribution is -0.137. The van der Waals surface area contributed by atoms with Gasteiger partial charge in [-0.2, -0.15) is 13.2 Å². The number of hydrogen-bond donors (Lipinski definition) is 1. The number of halogens is 5. The summed E-state index contributed by atoms with van der Waals surface area (Å²) < 4.78 is 37.6. The molecule has 1 aromatic heterocycles. The first kappa shape index (κ1) is 13.5. The van der Waals surface area contributed by atoms with Crippen LogP contribution in [0.15, 0.2) is 23.6 Å². The Balaban J connectivity index is 2.32. The lowest BCUT2D eigenvalue weighted by Crippen LogP contribution is -2.05. The zero-order valence-electron chi connectivity index (χ0n) is 8.55. The van der Waals surface area contributed by atoms with Crippen LogP contribution in [-0.4, -0.2) is 4.98 Å². The van der Waals surface area contributed by atoms with E-state index in [1.54, 1.807) is 5.38 Å². The van der Waals surface area contributed by atoms with E-state index in [1.165, 1.54) is 17.4 Å². The fourth-order valence-corrected chi connectivity index (χ4v) is 2.24. The third kappa shape index (κ3) is 3.07. The zero-order valence-corrected chi connectivity index (χ0v) is 10.9. The van der Waals surface area contributed by atoms with Crippen LogP contribution < -0.4 is 5.32 Å². The first-order chi connectivity index (χ1) is 8.36. The first-order valence-corrected chi connectivity index (χ1v) is 6.24. The van der Waals surface area contributed by atoms with Crippen LogP contribution >= 0.6 is 34.5 Å². The summed E-state index contributed by atoms with van der Waals surface area (Å²) in [4.78, 5) is 3.87. The van der Waals surface area contributed by atoms with Gasteiger partial charge in [0.2, 0.25) is 0 Å². The highest BCUT2D eigenvalue weighted by Gasteiger charge is 2.31. The molecule has 96 valence electrons. The van der Waals surface area contributed by atoms with Crippen molar-refractivity contribution < 1.29 is 13.2 Å². The van der Waals surface area contributed by atoms with Gasteiger partial charge in [0.25, 0.3) is 0 Å². The molecule has 2 aromatic rings. The molecule has 1 aromatic carbocycles. The minimum absolute atomic E-state index is 0.137. The van der Waals surface area contributed by atoms with Gasteiger partial charge in [0, 0.05) is 5.38 Å². The van der Waals surface area contributed by atoms with Gasteiger partial charge >= 0.3 is 6.18 Å². The normalized spacial score (nSPS) is 11.6. The Morgan fingerprint density at radius 3 is 2.50 bits per heavy atom. The second kappa shape index (κ2) is 4.95. The average Bonchev–Trinajstić information content (AvgIpc) is 2.66. The van der Waals surface area contributed by atoms with E-state index < -0.39 is 11.7 Å². The van der Waals surface area contributed by atoms with Crippen molar-refractivity contribution >= 4 is 45.4 Å². The Bertz CT molecular complexity index is 568. The molecule has 2 rings (SSSR count). The van der Waals surface area contributed by atoms with E-state index in [0.717, 1.165) is 12.1 Å². The van der Waals surface area contributed by atoms with Gasteiger partial charge in [-0.3, -0.25) is 0 Å². The van der Waals surface area contributed by atoms with Gasteiger partial charge < -0.3 is 5.32 Å². The Kier molecular flexibility index (Phi) is 3.70. The minimum Gasteiger partial charge on any atom is -0.330 e. The summed E-state index contributed by atoms with van der Waals surface area (Å²) in [6.45, 7) is 0. The van der Waals surface area contributed by atoms with E-state index in [2.05, 4.69) is 10.3 Å². The van der Waals surface area contributed by atoms with Gasteiger partial charge in [-0.15, -0.1) is 11.3 Å². The van der Waals surface area contributed by atoms with Crippen LogP contribution in [0.3, 0.4) is 0 Å². The molecule has 0 saturated heterocycles. The maximum absolute atomic E-state index is 12.5. The van der Waals surface area contributed by atoms with Crippen molar-refractivity contribution in [2.75, 3.05) is 5.32 Å². The van der Waals surface area contributed by atoms with Crippen LogP contribution in [0.25, 0.3) is 0 Å². The molecule has 0 aliphatic carbocycles. The molecule has 0 aliphatic heterocycles. The predicted octanol–water partition coefficient (Wildman–Crippen LogP) is 5.21. The third-order valence-corrected chi connectivity index (χ3v) is 3.42. The minimum atomic E-state index is -4.42. The molecule has 0 bridgehead atoms. The van der Waals surface area contributed by atoms with Crippen molar-refractivity contribution in [1.82, 2.24) is 4.98 Å². The highest BCUT2D eigenvalue weighted by molar-refractivity contribution is 7.14. The molecular formula is C10H5Cl2F3N2S. The van der Waals surface area contributed by atoms with Crippen molar-refractivity contribution in [2.24, 2.45) is 0 Å². The monoisotopic (exact) mass is 312 g/mol.